The number of nitrogen functional groups attached to an aromatic ring is 1. The molecule has 0 saturated heterocycles. The van der Waals surface area contributed by atoms with Crippen LogP contribution in [0.15, 0.2) is 39.5 Å². The van der Waals surface area contributed by atoms with Crippen molar-refractivity contribution in [3.05, 3.63) is 47.4 Å². The molecule has 2 N–H and O–H groups in total. The Morgan fingerprint density at radius 2 is 1.85 bits per heavy atom. The maximum Gasteiger partial charge on any atom is 0.204 e. The fourth-order valence-corrected chi connectivity index (χ4v) is 2.12. The molecule has 20 heavy (non-hydrogen) atoms. The molecule has 2 heterocycles. The molecular weight excluding hydrogens is 290 g/mol. The Hall–Kier alpha value is -2.34. The summed E-state index contributed by atoms with van der Waals surface area (Å²) in [6.07, 6.45) is 1.35. The maximum absolute atomic E-state index is 13.3. The van der Waals surface area contributed by atoms with Crippen molar-refractivity contribution >= 4 is 17.4 Å². The minimum Gasteiger partial charge on any atom is -0.452 e. The van der Waals surface area contributed by atoms with Crippen LogP contribution in [0.5, 0.6) is 0 Å². The summed E-state index contributed by atoms with van der Waals surface area (Å²) in [5.74, 6) is -1.27. The summed E-state index contributed by atoms with van der Waals surface area (Å²) in [5, 5.41) is 3.68. The van der Waals surface area contributed by atoms with Crippen molar-refractivity contribution in [1.82, 2.24) is 5.16 Å². The summed E-state index contributed by atoms with van der Waals surface area (Å²) in [4.78, 5) is 0. The van der Waals surface area contributed by atoms with E-state index in [0.717, 1.165) is 18.2 Å². The van der Waals surface area contributed by atoms with Crippen LogP contribution in [0.4, 0.5) is 14.6 Å². The molecule has 0 aliphatic rings. The van der Waals surface area contributed by atoms with Gasteiger partial charge in [0.1, 0.15) is 11.6 Å². The highest BCUT2D eigenvalue weighted by molar-refractivity contribution is 6.31. The van der Waals surface area contributed by atoms with Crippen LogP contribution in [0.2, 0.25) is 5.22 Å². The zero-order chi connectivity index (χ0) is 14.3. The van der Waals surface area contributed by atoms with E-state index in [0.29, 0.717) is 5.56 Å². The molecule has 0 bridgehead atoms. The van der Waals surface area contributed by atoms with Gasteiger partial charge >= 0.3 is 0 Å². The predicted octanol–water partition coefficient (Wildman–Crippen LogP) is 4.12. The third-order valence-corrected chi connectivity index (χ3v) is 3.03. The number of nitrogens with zero attached hydrogens (tertiary/aromatic N) is 1. The first-order valence-electron chi connectivity index (χ1n) is 5.51. The average molecular weight is 297 g/mol. The van der Waals surface area contributed by atoms with Gasteiger partial charge in [0.15, 0.2) is 11.6 Å². The minimum atomic E-state index is -0.732. The molecular formula is C13H7ClF2N2O2. The molecule has 0 saturated carbocycles. The second-order valence-electron chi connectivity index (χ2n) is 4.04. The van der Waals surface area contributed by atoms with E-state index in [9.17, 15) is 8.78 Å². The number of hydrogen-bond donors (Lipinski definition) is 1. The molecule has 3 aromatic rings. The normalized spacial score (nSPS) is 10.9. The van der Waals surface area contributed by atoms with Crippen LogP contribution >= 0.6 is 11.6 Å². The van der Waals surface area contributed by atoms with Crippen molar-refractivity contribution in [3.8, 4) is 22.5 Å². The standard InChI is InChI=1S/C13H7ClF2N2O2/c14-12-9(1-2-19-12)11-10(13(17)18-20-11)6-3-7(15)5-8(16)4-6/h1-5H,(H2,17,18). The number of aromatic nitrogens is 1. The Labute approximate surface area is 116 Å². The smallest absolute Gasteiger partial charge is 0.204 e. The maximum atomic E-state index is 13.3. The Balaban J connectivity index is 2.24. The van der Waals surface area contributed by atoms with Gasteiger partial charge in [0.05, 0.1) is 17.4 Å². The zero-order valence-electron chi connectivity index (χ0n) is 9.86. The van der Waals surface area contributed by atoms with Crippen LogP contribution in [0.3, 0.4) is 0 Å². The van der Waals surface area contributed by atoms with Gasteiger partial charge in [-0.05, 0) is 35.4 Å². The number of nitrogens with two attached hydrogens (primary N) is 1. The average Bonchev–Trinajstić information content (AvgIpc) is 2.93. The number of rotatable bonds is 2. The Morgan fingerprint density at radius 3 is 2.45 bits per heavy atom. The summed E-state index contributed by atoms with van der Waals surface area (Å²) in [5.41, 5.74) is 6.56. The summed E-state index contributed by atoms with van der Waals surface area (Å²) < 4.78 is 36.7. The van der Waals surface area contributed by atoms with Gasteiger partial charge in [0.25, 0.3) is 0 Å². The van der Waals surface area contributed by atoms with Crippen LogP contribution in [-0.2, 0) is 0 Å². The first-order chi connectivity index (χ1) is 9.56. The largest absolute Gasteiger partial charge is 0.452 e. The third-order valence-electron chi connectivity index (χ3n) is 2.73. The van der Waals surface area contributed by atoms with Gasteiger partial charge < -0.3 is 14.7 Å². The van der Waals surface area contributed by atoms with Crippen LogP contribution < -0.4 is 5.73 Å². The van der Waals surface area contributed by atoms with Crippen molar-refractivity contribution in [2.75, 3.05) is 5.73 Å². The fraction of sp³-hybridized carbons (Fsp3) is 0. The van der Waals surface area contributed by atoms with E-state index in [2.05, 4.69) is 5.16 Å². The molecule has 7 heteroatoms. The Morgan fingerprint density at radius 1 is 1.15 bits per heavy atom. The highest BCUT2D eigenvalue weighted by atomic mass is 35.5. The molecule has 0 amide bonds. The molecule has 102 valence electrons. The number of furan rings is 1. The highest BCUT2D eigenvalue weighted by Gasteiger charge is 2.22. The molecule has 0 aliphatic carbocycles. The van der Waals surface area contributed by atoms with Crippen molar-refractivity contribution in [1.29, 1.82) is 0 Å². The third kappa shape index (κ3) is 2.04. The van der Waals surface area contributed by atoms with Crippen molar-refractivity contribution in [2.24, 2.45) is 0 Å². The van der Waals surface area contributed by atoms with E-state index in [1.165, 1.54) is 6.26 Å². The first kappa shape index (κ1) is 12.7. The second kappa shape index (κ2) is 4.64. The summed E-state index contributed by atoms with van der Waals surface area (Å²) in [6, 6.07) is 4.56. The molecule has 0 fully saturated rings. The molecule has 0 aliphatic heterocycles. The SMILES string of the molecule is Nc1noc(-c2ccoc2Cl)c1-c1cc(F)cc(F)c1. The van der Waals surface area contributed by atoms with Gasteiger partial charge in [0, 0.05) is 6.07 Å². The molecule has 0 unspecified atom stereocenters. The van der Waals surface area contributed by atoms with Gasteiger partial charge in [0.2, 0.25) is 5.22 Å². The van der Waals surface area contributed by atoms with Gasteiger partial charge in [-0.3, -0.25) is 0 Å². The van der Waals surface area contributed by atoms with Gasteiger partial charge in [-0.25, -0.2) is 8.78 Å². The predicted molar refractivity (Wildman–Crippen MR) is 69.0 cm³/mol. The molecule has 2 aromatic heterocycles. The van der Waals surface area contributed by atoms with E-state index < -0.39 is 11.6 Å². The Bertz CT molecular complexity index is 762. The Kier molecular flexibility index (Phi) is 2.94. The minimum absolute atomic E-state index is 0.00210. The van der Waals surface area contributed by atoms with Crippen molar-refractivity contribution < 1.29 is 17.7 Å². The molecule has 0 radical (unpaired) electrons. The van der Waals surface area contributed by atoms with Gasteiger partial charge in [-0.1, -0.05) is 5.16 Å². The number of halogens is 3. The molecule has 0 spiro atoms. The fourth-order valence-electron chi connectivity index (χ4n) is 1.92. The summed E-state index contributed by atoms with van der Waals surface area (Å²) in [7, 11) is 0. The van der Waals surface area contributed by atoms with E-state index >= 15 is 0 Å². The lowest BCUT2D eigenvalue weighted by atomic mass is 10.0. The van der Waals surface area contributed by atoms with Crippen molar-refractivity contribution in [3.63, 3.8) is 0 Å². The summed E-state index contributed by atoms with van der Waals surface area (Å²) in [6.45, 7) is 0. The van der Waals surface area contributed by atoms with Crippen LogP contribution in [0, 0.1) is 11.6 Å². The van der Waals surface area contributed by atoms with Crippen LogP contribution in [0.1, 0.15) is 0 Å². The van der Waals surface area contributed by atoms with Crippen LogP contribution in [-0.4, -0.2) is 5.16 Å². The molecule has 0 atom stereocenters. The van der Waals surface area contributed by atoms with Crippen LogP contribution in [0.25, 0.3) is 22.5 Å². The molecule has 1 aromatic carbocycles. The van der Waals surface area contributed by atoms with Gasteiger partial charge in [-0.15, -0.1) is 0 Å². The topological polar surface area (TPSA) is 65.2 Å². The second-order valence-corrected chi connectivity index (χ2v) is 4.38. The quantitative estimate of drug-likeness (QED) is 0.772. The lowest BCUT2D eigenvalue weighted by Crippen LogP contribution is -1.90. The zero-order valence-corrected chi connectivity index (χ0v) is 10.6. The highest BCUT2D eigenvalue weighted by Crippen LogP contribution is 2.40. The van der Waals surface area contributed by atoms with Crippen molar-refractivity contribution in [2.45, 2.75) is 0 Å². The molecule has 4 nitrogen and oxygen atoms in total. The lowest BCUT2D eigenvalue weighted by molar-refractivity contribution is 0.435. The first-order valence-corrected chi connectivity index (χ1v) is 5.89. The van der Waals surface area contributed by atoms with E-state index in [4.69, 9.17) is 26.3 Å². The molecule has 3 rings (SSSR count). The number of benzene rings is 1. The van der Waals surface area contributed by atoms with E-state index in [1.54, 1.807) is 6.07 Å². The van der Waals surface area contributed by atoms with Gasteiger partial charge in [-0.2, -0.15) is 0 Å². The van der Waals surface area contributed by atoms with E-state index in [-0.39, 0.29) is 27.9 Å². The van der Waals surface area contributed by atoms with E-state index in [1.807, 2.05) is 0 Å². The number of anilines is 1. The summed E-state index contributed by atoms with van der Waals surface area (Å²) >= 11 is 5.86. The number of hydrogen-bond acceptors (Lipinski definition) is 4. The lowest BCUT2D eigenvalue weighted by Gasteiger charge is -2.02. The monoisotopic (exact) mass is 296 g/mol.